The number of nitrogens with zero attached hydrogens (tertiary/aromatic N) is 1. The van der Waals surface area contributed by atoms with Crippen molar-refractivity contribution in [1.29, 1.82) is 0 Å². The van der Waals surface area contributed by atoms with Crippen LogP contribution in [0.15, 0.2) is 21.9 Å². The lowest BCUT2D eigenvalue weighted by Gasteiger charge is -2.22. The number of thiazole rings is 1. The van der Waals surface area contributed by atoms with Crippen molar-refractivity contribution in [3.05, 3.63) is 23.2 Å². The molecule has 0 bridgehead atoms. The second-order valence-corrected chi connectivity index (χ2v) is 10.8. The summed E-state index contributed by atoms with van der Waals surface area (Å²) in [4.78, 5) is 27.3. The van der Waals surface area contributed by atoms with Crippen molar-refractivity contribution in [3.8, 4) is 0 Å². The highest BCUT2D eigenvalue weighted by atomic mass is 32.2. The summed E-state index contributed by atoms with van der Waals surface area (Å²) >= 11 is 2.85. The minimum absolute atomic E-state index is 0.0172. The van der Waals surface area contributed by atoms with E-state index in [-0.39, 0.29) is 17.5 Å². The number of carbonyl (C=O) groups is 2. The van der Waals surface area contributed by atoms with Gasteiger partial charge in [-0.25, -0.2) is 9.78 Å². The van der Waals surface area contributed by atoms with Crippen LogP contribution in [-0.4, -0.2) is 38.3 Å². The van der Waals surface area contributed by atoms with Gasteiger partial charge in [-0.05, 0) is 44.4 Å². The number of aromatic carboxylic acids is 1. The van der Waals surface area contributed by atoms with E-state index in [9.17, 15) is 14.7 Å². The van der Waals surface area contributed by atoms with E-state index in [2.05, 4.69) is 31.0 Å². The van der Waals surface area contributed by atoms with Gasteiger partial charge in [-0.2, -0.15) is 0 Å². The van der Waals surface area contributed by atoms with E-state index in [0.29, 0.717) is 24.5 Å². The van der Waals surface area contributed by atoms with Crippen molar-refractivity contribution in [2.75, 3.05) is 5.75 Å². The Morgan fingerprint density at radius 3 is 2.90 bits per heavy atom. The van der Waals surface area contributed by atoms with E-state index >= 15 is 0 Å². The fraction of sp³-hybridized carbons (Fsp3) is 0.682. The highest BCUT2D eigenvalue weighted by molar-refractivity contribution is 8.01. The first-order chi connectivity index (χ1) is 13.7. The van der Waals surface area contributed by atoms with Crippen LogP contribution >= 0.6 is 23.1 Å². The summed E-state index contributed by atoms with van der Waals surface area (Å²) in [7, 11) is 0. The number of allylic oxidation sites excluding steroid dienone is 1. The molecule has 0 aromatic carbocycles. The molecule has 2 rings (SSSR count). The molecular formula is C22H33NO4S2. The van der Waals surface area contributed by atoms with Crippen LogP contribution < -0.4 is 0 Å². The quantitative estimate of drug-likeness (QED) is 0.333. The Morgan fingerprint density at radius 1 is 1.48 bits per heavy atom. The molecule has 1 heterocycles. The molecule has 7 heteroatoms. The summed E-state index contributed by atoms with van der Waals surface area (Å²) in [6.07, 6.45) is 10.0. The number of aliphatic hydroxyl groups is 1. The van der Waals surface area contributed by atoms with Gasteiger partial charge in [-0.15, -0.1) is 11.3 Å². The van der Waals surface area contributed by atoms with Crippen molar-refractivity contribution in [3.63, 3.8) is 0 Å². The molecule has 3 atom stereocenters. The smallest absolute Gasteiger partial charge is 0.355 e. The van der Waals surface area contributed by atoms with Crippen LogP contribution in [0.3, 0.4) is 0 Å². The van der Waals surface area contributed by atoms with Gasteiger partial charge in [0.2, 0.25) is 0 Å². The first-order valence-electron chi connectivity index (χ1n) is 10.4. The molecule has 29 heavy (non-hydrogen) atoms. The monoisotopic (exact) mass is 439 g/mol. The minimum atomic E-state index is -1.01. The maximum atomic E-state index is 12.3. The Balaban J connectivity index is 1.79. The van der Waals surface area contributed by atoms with Crippen LogP contribution in [0.1, 0.15) is 76.2 Å². The molecule has 1 unspecified atom stereocenters. The topological polar surface area (TPSA) is 87.5 Å². The van der Waals surface area contributed by atoms with E-state index in [1.165, 1.54) is 23.1 Å². The zero-order chi connectivity index (χ0) is 21.4. The number of carboxylic acids is 1. The van der Waals surface area contributed by atoms with Gasteiger partial charge >= 0.3 is 5.97 Å². The lowest BCUT2D eigenvalue weighted by Crippen LogP contribution is -2.23. The van der Waals surface area contributed by atoms with E-state index in [1.54, 1.807) is 5.38 Å². The van der Waals surface area contributed by atoms with Crippen molar-refractivity contribution >= 4 is 34.9 Å². The molecule has 2 N–H and O–H groups in total. The molecule has 1 aromatic heterocycles. The maximum absolute atomic E-state index is 12.3. The second kappa shape index (κ2) is 11.3. The summed E-state index contributed by atoms with van der Waals surface area (Å²) in [5, 5.41) is 21.0. The molecule has 1 saturated carbocycles. The van der Waals surface area contributed by atoms with Crippen LogP contribution in [0.2, 0.25) is 0 Å². The molecule has 1 aliphatic rings. The standard InChI is InChI=1S/C22H33NO4S2/c1-15(2)6-4-11-22(3,27)12-5-7-16-8-9-19(24)17(16)10-13-28-21-23-18(14-29-21)20(25)26/h5,7,14-17,27H,4,6,8-13H2,1-3H3,(H,25,26)/b7-5+/t16-,17+,22?/m0/s1. The fourth-order valence-electron chi connectivity index (χ4n) is 3.72. The molecule has 0 aliphatic heterocycles. The predicted octanol–water partition coefficient (Wildman–Crippen LogP) is 5.44. The summed E-state index contributed by atoms with van der Waals surface area (Å²) < 4.78 is 0.734. The number of aromatic nitrogens is 1. The van der Waals surface area contributed by atoms with Crippen LogP contribution in [0.5, 0.6) is 0 Å². The number of carbonyl (C=O) groups excluding carboxylic acids is 1. The predicted molar refractivity (Wildman–Crippen MR) is 119 cm³/mol. The Bertz CT molecular complexity index is 711. The van der Waals surface area contributed by atoms with Crippen molar-refractivity contribution in [1.82, 2.24) is 4.98 Å². The minimum Gasteiger partial charge on any atom is -0.476 e. The van der Waals surface area contributed by atoms with E-state index in [4.69, 9.17) is 5.11 Å². The largest absolute Gasteiger partial charge is 0.476 e. The van der Waals surface area contributed by atoms with Crippen molar-refractivity contribution in [2.45, 2.75) is 75.7 Å². The van der Waals surface area contributed by atoms with Gasteiger partial charge < -0.3 is 10.2 Å². The fourth-order valence-corrected chi connectivity index (χ4v) is 5.62. The van der Waals surface area contributed by atoms with Gasteiger partial charge in [-0.3, -0.25) is 4.79 Å². The summed E-state index contributed by atoms with van der Waals surface area (Å²) in [6, 6.07) is 0. The Morgan fingerprint density at radius 2 is 2.24 bits per heavy atom. The third-order valence-electron chi connectivity index (χ3n) is 5.45. The molecule has 0 saturated heterocycles. The average Bonchev–Trinajstić information content (AvgIpc) is 3.23. The zero-order valence-electron chi connectivity index (χ0n) is 17.6. The average molecular weight is 440 g/mol. The summed E-state index contributed by atoms with van der Waals surface area (Å²) in [5.74, 6) is 0.965. The summed E-state index contributed by atoms with van der Waals surface area (Å²) in [6.45, 7) is 6.29. The summed E-state index contributed by atoms with van der Waals surface area (Å²) in [5.41, 5.74) is -0.609. The Hall–Kier alpha value is -1.18. The molecule has 1 aromatic rings. The lowest BCUT2D eigenvalue weighted by atomic mass is 9.90. The molecule has 162 valence electrons. The number of rotatable bonds is 12. The first-order valence-corrected chi connectivity index (χ1v) is 12.3. The van der Waals surface area contributed by atoms with Crippen LogP contribution in [-0.2, 0) is 4.79 Å². The molecule has 0 amide bonds. The second-order valence-electron chi connectivity index (χ2n) is 8.63. The number of ketones is 1. The number of Topliss-reactive ketones (excluding diaryl/α,β-unsaturated/α-hetero) is 1. The lowest BCUT2D eigenvalue weighted by molar-refractivity contribution is -0.121. The zero-order valence-corrected chi connectivity index (χ0v) is 19.2. The van der Waals surface area contributed by atoms with Gasteiger partial charge in [0.05, 0.1) is 5.60 Å². The Labute approximate surface area is 182 Å². The number of hydrogen-bond acceptors (Lipinski definition) is 6. The highest BCUT2D eigenvalue weighted by Crippen LogP contribution is 2.35. The number of hydrogen-bond donors (Lipinski definition) is 2. The first kappa shape index (κ1) is 24.1. The molecule has 0 radical (unpaired) electrons. The van der Waals surface area contributed by atoms with Gasteiger partial charge in [0.1, 0.15) is 5.78 Å². The van der Waals surface area contributed by atoms with Crippen LogP contribution in [0, 0.1) is 17.8 Å². The van der Waals surface area contributed by atoms with E-state index < -0.39 is 11.6 Å². The van der Waals surface area contributed by atoms with Crippen LogP contribution in [0.25, 0.3) is 0 Å². The molecule has 1 fully saturated rings. The third-order valence-corrected chi connectivity index (χ3v) is 7.50. The normalized spacial score (nSPS) is 21.9. The molecule has 5 nitrogen and oxygen atoms in total. The van der Waals surface area contributed by atoms with Gasteiger partial charge in [-0.1, -0.05) is 50.6 Å². The highest BCUT2D eigenvalue weighted by Gasteiger charge is 2.32. The molecular weight excluding hydrogens is 406 g/mol. The van der Waals surface area contributed by atoms with Gasteiger partial charge in [0.25, 0.3) is 0 Å². The van der Waals surface area contributed by atoms with Crippen molar-refractivity contribution in [2.24, 2.45) is 17.8 Å². The number of thioether (sulfide) groups is 1. The Kier molecular flexibility index (Phi) is 9.37. The SMILES string of the molecule is CC(C)CCCC(C)(O)C/C=C/[C@H]1CCC(=O)[C@@H]1CCSc1nc(C(=O)O)cs1. The molecule has 1 aliphatic carbocycles. The van der Waals surface area contributed by atoms with Crippen molar-refractivity contribution < 1.29 is 19.8 Å². The van der Waals surface area contributed by atoms with Gasteiger partial charge in [0, 0.05) is 23.5 Å². The maximum Gasteiger partial charge on any atom is 0.355 e. The molecule has 0 spiro atoms. The number of carboxylic acid groups (broad SMARTS) is 1. The van der Waals surface area contributed by atoms with Gasteiger partial charge in [0.15, 0.2) is 10.0 Å². The van der Waals surface area contributed by atoms with E-state index in [0.717, 1.165) is 42.2 Å². The van der Waals surface area contributed by atoms with E-state index in [1.807, 2.05) is 6.92 Å². The van der Waals surface area contributed by atoms with Crippen LogP contribution in [0.4, 0.5) is 0 Å². The third kappa shape index (κ3) is 8.22.